The minimum atomic E-state index is -0.570. The molecule has 2 unspecified atom stereocenters. The largest absolute Gasteiger partial charge is 0.493 e. The first-order valence-electron chi connectivity index (χ1n) is 6.68. The van der Waals surface area contributed by atoms with E-state index in [0.717, 1.165) is 12.1 Å². The minimum Gasteiger partial charge on any atom is -0.493 e. The van der Waals surface area contributed by atoms with Crippen LogP contribution < -0.4 is 14.8 Å². The highest BCUT2D eigenvalue weighted by atomic mass is 16.5. The molecule has 0 bridgehead atoms. The van der Waals surface area contributed by atoms with Crippen LogP contribution in [-0.4, -0.2) is 31.9 Å². The fourth-order valence-electron chi connectivity index (χ4n) is 2.19. The molecule has 1 rings (SSSR count). The van der Waals surface area contributed by atoms with Crippen molar-refractivity contribution < 1.29 is 14.6 Å². The van der Waals surface area contributed by atoms with E-state index < -0.39 is 6.10 Å². The first kappa shape index (κ1) is 15.8. The van der Waals surface area contributed by atoms with Crippen LogP contribution in [0.2, 0.25) is 0 Å². The van der Waals surface area contributed by atoms with Gasteiger partial charge in [-0.25, -0.2) is 0 Å². The molecule has 2 N–H and O–H groups in total. The van der Waals surface area contributed by atoms with Crippen molar-refractivity contribution in [2.45, 2.75) is 32.9 Å². The molecule has 0 saturated carbocycles. The molecule has 0 aromatic heterocycles. The Bertz CT molecular complexity index is 393. The van der Waals surface area contributed by atoms with E-state index in [0.29, 0.717) is 17.4 Å². The maximum Gasteiger partial charge on any atom is 0.161 e. The number of nitrogens with one attached hydrogen (secondary N) is 1. The Morgan fingerprint density at radius 3 is 2.26 bits per heavy atom. The van der Waals surface area contributed by atoms with Crippen LogP contribution in [0, 0.1) is 5.92 Å². The number of benzene rings is 1. The summed E-state index contributed by atoms with van der Waals surface area (Å²) in [6.45, 7) is 7.05. The van der Waals surface area contributed by atoms with Crippen molar-refractivity contribution in [2.75, 3.05) is 20.8 Å². The van der Waals surface area contributed by atoms with Gasteiger partial charge in [0.1, 0.15) is 0 Å². The van der Waals surface area contributed by atoms with E-state index in [9.17, 15) is 5.11 Å². The predicted molar refractivity (Wildman–Crippen MR) is 76.8 cm³/mol. The number of aliphatic hydroxyl groups is 1. The number of ether oxygens (including phenoxy) is 2. The first-order chi connectivity index (χ1) is 9.04. The monoisotopic (exact) mass is 267 g/mol. The molecule has 0 aliphatic carbocycles. The smallest absolute Gasteiger partial charge is 0.161 e. The summed E-state index contributed by atoms with van der Waals surface area (Å²) in [5.74, 6) is 1.64. The van der Waals surface area contributed by atoms with Gasteiger partial charge in [-0.15, -0.1) is 0 Å². The van der Waals surface area contributed by atoms with Crippen molar-refractivity contribution in [1.82, 2.24) is 5.32 Å². The number of aliphatic hydroxyl groups excluding tert-OH is 1. The summed E-state index contributed by atoms with van der Waals surface area (Å²) < 4.78 is 10.5. The van der Waals surface area contributed by atoms with Crippen molar-refractivity contribution >= 4 is 0 Å². The number of rotatable bonds is 7. The highest BCUT2D eigenvalue weighted by Crippen LogP contribution is 2.31. The topological polar surface area (TPSA) is 50.7 Å². The van der Waals surface area contributed by atoms with Crippen molar-refractivity contribution in [2.24, 2.45) is 5.92 Å². The second-order valence-electron chi connectivity index (χ2n) is 4.89. The minimum absolute atomic E-state index is 0.0168. The van der Waals surface area contributed by atoms with E-state index in [1.807, 2.05) is 25.1 Å². The van der Waals surface area contributed by atoms with Gasteiger partial charge in [-0.1, -0.05) is 26.8 Å². The SMILES string of the molecule is CCNC(C(C)C)C(O)c1ccc(OC)c(OC)c1. The molecule has 1 aromatic carbocycles. The average molecular weight is 267 g/mol. The lowest BCUT2D eigenvalue weighted by Crippen LogP contribution is -2.39. The van der Waals surface area contributed by atoms with Crippen LogP contribution in [0.1, 0.15) is 32.4 Å². The molecule has 0 heterocycles. The van der Waals surface area contributed by atoms with Crippen molar-refractivity contribution in [3.05, 3.63) is 23.8 Å². The Labute approximate surface area is 115 Å². The maximum atomic E-state index is 10.5. The highest BCUT2D eigenvalue weighted by molar-refractivity contribution is 5.43. The first-order valence-corrected chi connectivity index (χ1v) is 6.68. The summed E-state index contributed by atoms with van der Waals surface area (Å²) in [7, 11) is 3.20. The lowest BCUT2D eigenvalue weighted by Gasteiger charge is -2.27. The van der Waals surface area contributed by atoms with Crippen molar-refractivity contribution in [1.29, 1.82) is 0 Å². The zero-order valence-corrected chi connectivity index (χ0v) is 12.4. The van der Waals surface area contributed by atoms with Crippen LogP contribution in [0.15, 0.2) is 18.2 Å². The normalized spacial score (nSPS) is 14.3. The van der Waals surface area contributed by atoms with E-state index in [-0.39, 0.29) is 6.04 Å². The van der Waals surface area contributed by atoms with E-state index in [1.54, 1.807) is 14.2 Å². The second kappa shape index (κ2) is 7.36. The molecule has 0 aliphatic rings. The molecule has 0 aliphatic heterocycles. The fourth-order valence-corrected chi connectivity index (χ4v) is 2.19. The van der Waals surface area contributed by atoms with Crippen LogP contribution in [0.5, 0.6) is 11.5 Å². The Morgan fingerprint density at radius 1 is 1.16 bits per heavy atom. The summed E-state index contributed by atoms with van der Waals surface area (Å²) in [6.07, 6.45) is -0.570. The van der Waals surface area contributed by atoms with Crippen LogP contribution in [0.3, 0.4) is 0 Å². The Balaban J connectivity index is 3.00. The average Bonchev–Trinajstić information content (AvgIpc) is 2.42. The molecular weight excluding hydrogens is 242 g/mol. The van der Waals surface area contributed by atoms with Gasteiger partial charge in [0.05, 0.1) is 20.3 Å². The summed E-state index contributed by atoms with van der Waals surface area (Å²) in [5.41, 5.74) is 0.831. The van der Waals surface area contributed by atoms with E-state index in [2.05, 4.69) is 19.2 Å². The lowest BCUT2D eigenvalue weighted by atomic mass is 9.93. The van der Waals surface area contributed by atoms with Gasteiger partial charge in [0.15, 0.2) is 11.5 Å². The van der Waals surface area contributed by atoms with Crippen LogP contribution in [0.4, 0.5) is 0 Å². The van der Waals surface area contributed by atoms with Gasteiger partial charge < -0.3 is 19.9 Å². The predicted octanol–water partition coefficient (Wildman–Crippen LogP) is 2.37. The third kappa shape index (κ3) is 3.85. The molecule has 0 saturated heterocycles. The van der Waals surface area contributed by atoms with Gasteiger partial charge in [-0.05, 0) is 30.2 Å². The molecule has 0 spiro atoms. The fraction of sp³-hybridized carbons (Fsp3) is 0.600. The molecule has 2 atom stereocenters. The molecule has 0 radical (unpaired) electrons. The molecule has 4 heteroatoms. The number of likely N-dealkylation sites (N-methyl/N-ethyl adjacent to an activating group) is 1. The molecule has 108 valence electrons. The summed E-state index contributed by atoms with van der Waals surface area (Å²) in [4.78, 5) is 0. The molecule has 1 aromatic rings. The Hall–Kier alpha value is -1.26. The highest BCUT2D eigenvalue weighted by Gasteiger charge is 2.24. The molecule has 0 amide bonds. The number of hydrogen-bond acceptors (Lipinski definition) is 4. The number of hydrogen-bond donors (Lipinski definition) is 2. The van der Waals surface area contributed by atoms with E-state index in [4.69, 9.17) is 9.47 Å². The summed E-state index contributed by atoms with van der Waals surface area (Å²) in [5, 5.41) is 13.8. The lowest BCUT2D eigenvalue weighted by molar-refractivity contribution is 0.106. The molecule has 0 fully saturated rings. The molecular formula is C15H25NO3. The Morgan fingerprint density at radius 2 is 1.79 bits per heavy atom. The third-order valence-corrected chi connectivity index (χ3v) is 3.25. The van der Waals surface area contributed by atoms with Gasteiger partial charge in [0.2, 0.25) is 0 Å². The number of methoxy groups -OCH3 is 2. The molecule has 19 heavy (non-hydrogen) atoms. The van der Waals surface area contributed by atoms with Crippen LogP contribution in [0.25, 0.3) is 0 Å². The second-order valence-corrected chi connectivity index (χ2v) is 4.89. The summed E-state index contributed by atoms with van der Waals surface area (Å²) in [6, 6.07) is 5.54. The Kier molecular flexibility index (Phi) is 6.12. The van der Waals surface area contributed by atoms with Gasteiger partial charge in [-0.2, -0.15) is 0 Å². The van der Waals surface area contributed by atoms with Gasteiger partial charge in [0, 0.05) is 6.04 Å². The summed E-state index contributed by atoms with van der Waals surface area (Å²) >= 11 is 0. The van der Waals surface area contributed by atoms with Crippen molar-refractivity contribution in [3.63, 3.8) is 0 Å². The zero-order chi connectivity index (χ0) is 14.4. The van der Waals surface area contributed by atoms with E-state index in [1.165, 1.54) is 0 Å². The van der Waals surface area contributed by atoms with Crippen LogP contribution >= 0.6 is 0 Å². The van der Waals surface area contributed by atoms with Gasteiger partial charge >= 0.3 is 0 Å². The molecule has 4 nitrogen and oxygen atoms in total. The quantitative estimate of drug-likeness (QED) is 0.796. The maximum absolute atomic E-state index is 10.5. The standard InChI is InChI=1S/C15H25NO3/c1-6-16-14(10(2)3)15(17)11-7-8-12(18-4)13(9-11)19-5/h7-10,14-17H,6H2,1-5H3. The van der Waals surface area contributed by atoms with Crippen LogP contribution in [-0.2, 0) is 0 Å². The van der Waals surface area contributed by atoms with Gasteiger partial charge in [-0.3, -0.25) is 0 Å². The van der Waals surface area contributed by atoms with Gasteiger partial charge in [0.25, 0.3) is 0 Å². The van der Waals surface area contributed by atoms with Crippen molar-refractivity contribution in [3.8, 4) is 11.5 Å². The van der Waals surface area contributed by atoms with E-state index >= 15 is 0 Å². The third-order valence-electron chi connectivity index (χ3n) is 3.25. The zero-order valence-electron chi connectivity index (χ0n) is 12.4.